The topological polar surface area (TPSA) is 13.1 Å². The van der Waals surface area contributed by atoms with Gasteiger partial charge in [-0.2, -0.15) is 0 Å². The van der Waals surface area contributed by atoms with E-state index in [1.807, 2.05) is 0 Å². The highest BCUT2D eigenvalue weighted by molar-refractivity contribution is 6.10. The van der Waals surface area contributed by atoms with Gasteiger partial charge >= 0.3 is 0 Å². The lowest BCUT2D eigenvalue weighted by molar-refractivity contribution is 0.624. The first-order valence-electron chi connectivity index (χ1n) is 10.8. The van der Waals surface area contributed by atoms with Crippen molar-refractivity contribution in [2.75, 3.05) is 0 Å². The first kappa shape index (κ1) is 17.5. The van der Waals surface area contributed by atoms with Crippen molar-refractivity contribution in [3.8, 4) is 22.3 Å². The van der Waals surface area contributed by atoms with Crippen LogP contribution in [0.3, 0.4) is 0 Å². The molecule has 0 spiro atoms. The normalized spacial score (nSPS) is 12.6. The van der Waals surface area contributed by atoms with Crippen LogP contribution in [0.15, 0.2) is 83.3 Å². The van der Waals surface area contributed by atoms with E-state index in [0.717, 1.165) is 24.0 Å². The van der Waals surface area contributed by atoms with Crippen LogP contribution in [0.2, 0.25) is 0 Å². The number of rotatable bonds is 3. The molecule has 5 aromatic rings. The third-order valence-electron chi connectivity index (χ3n) is 6.34. The second-order valence-corrected chi connectivity index (χ2v) is 8.88. The van der Waals surface area contributed by atoms with Crippen LogP contribution in [0.4, 0.5) is 0 Å². The molecule has 1 heteroatoms. The summed E-state index contributed by atoms with van der Waals surface area (Å²) in [6.45, 7) is 4.52. The number of hydrogen-bond acceptors (Lipinski definition) is 1. The average Bonchev–Trinajstić information content (AvgIpc) is 3.32. The summed E-state index contributed by atoms with van der Waals surface area (Å²) in [6, 6.07) is 28.7. The van der Waals surface area contributed by atoms with E-state index >= 15 is 0 Å². The molecule has 146 valence electrons. The Kier molecular flexibility index (Phi) is 3.86. The van der Waals surface area contributed by atoms with Gasteiger partial charge in [0.1, 0.15) is 11.2 Å². The third-order valence-corrected chi connectivity index (χ3v) is 6.34. The second-order valence-electron chi connectivity index (χ2n) is 8.88. The van der Waals surface area contributed by atoms with E-state index in [1.165, 1.54) is 49.7 Å². The van der Waals surface area contributed by atoms with Crippen LogP contribution in [0, 0.1) is 5.92 Å². The summed E-state index contributed by atoms with van der Waals surface area (Å²) in [5.74, 6) is 0.597. The quantitative estimate of drug-likeness (QED) is 0.299. The summed E-state index contributed by atoms with van der Waals surface area (Å²) in [6.07, 6.45) is 2.06. The lowest BCUT2D eigenvalue weighted by Crippen LogP contribution is -1.93. The van der Waals surface area contributed by atoms with Crippen molar-refractivity contribution < 1.29 is 4.42 Å². The second kappa shape index (κ2) is 6.60. The molecule has 1 heterocycles. The molecular formula is C29H24O. The van der Waals surface area contributed by atoms with Crippen LogP contribution >= 0.6 is 0 Å². The zero-order chi connectivity index (χ0) is 20.2. The van der Waals surface area contributed by atoms with E-state index in [0.29, 0.717) is 5.92 Å². The number of furan rings is 1. The lowest BCUT2D eigenvalue weighted by atomic mass is 9.97. The maximum absolute atomic E-state index is 6.56. The number of fused-ring (bicyclic) bond motifs is 6. The third kappa shape index (κ3) is 2.62. The van der Waals surface area contributed by atoms with Crippen LogP contribution in [0.25, 0.3) is 44.2 Å². The highest BCUT2D eigenvalue weighted by atomic mass is 16.3. The SMILES string of the molecule is CC(C)Cc1cccc2c1oc1c(-c3ccc4c(c3)-c3ccccc3C4)cccc12. The van der Waals surface area contributed by atoms with Gasteiger partial charge in [0.05, 0.1) is 0 Å². The molecule has 0 unspecified atom stereocenters. The fraction of sp³-hybridized carbons (Fsp3) is 0.172. The molecule has 0 N–H and O–H groups in total. The van der Waals surface area contributed by atoms with Crippen molar-refractivity contribution in [3.05, 3.63) is 95.6 Å². The fourth-order valence-corrected chi connectivity index (χ4v) is 5.00. The van der Waals surface area contributed by atoms with Crippen LogP contribution in [0.5, 0.6) is 0 Å². The Labute approximate surface area is 177 Å². The van der Waals surface area contributed by atoms with Crippen LogP contribution in [-0.2, 0) is 12.8 Å². The molecule has 0 amide bonds. The van der Waals surface area contributed by atoms with Crippen molar-refractivity contribution in [1.82, 2.24) is 0 Å². The van der Waals surface area contributed by atoms with Gasteiger partial charge in [-0.25, -0.2) is 0 Å². The largest absolute Gasteiger partial charge is 0.455 e. The van der Waals surface area contributed by atoms with Gasteiger partial charge < -0.3 is 4.42 Å². The lowest BCUT2D eigenvalue weighted by Gasteiger charge is -2.07. The zero-order valence-corrected chi connectivity index (χ0v) is 17.4. The van der Waals surface area contributed by atoms with Gasteiger partial charge in [-0.1, -0.05) is 86.6 Å². The molecular weight excluding hydrogens is 364 g/mol. The van der Waals surface area contributed by atoms with E-state index in [1.54, 1.807) is 0 Å². The monoisotopic (exact) mass is 388 g/mol. The molecule has 0 bridgehead atoms. The highest BCUT2D eigenvalue weighted by Crippen LogP contribution is 2.42. The standard InChI is InChI=1S/C29H24O/c1-18(2)15-22-8-5-11-25-26-12-6-10-24(29(26)30-28(22)25)21-14-13-20-16-19-7-3-4-9-23(19)27(20)17-21/h3-14,17-18H,15-16H2,1-2H3. The number of para-hydroxylation sites is 2. The van der Waals surface area contributed by atoms with Gasteiger partial charge in [-0.05, 0) is 58.2 Å². The summed E-state index contributed by atoms with van der Waals surface area (Å²) < 4.78 is 6.56. The number of hydrogen-bond donors (Lipinski definition) is 0. The van der Waals surface area contributed by atoms with Gasteiger partial charge in [0, 0.05) is 16.3 Å². The van der Waals surface area contributed by atoms with Gasteiger partial charge in [0.15, 0.2) is 0 Å². The van der Waals surface area contributed by atoms with Crippen LogP contribution < -0.4 is 0 Å². The molecule has 1 aliphatic carbocycles. The maximum Gasteiger partial charge on any atom is 0.143 e. The summed E-state index contributed by atoms with van der Waals surface area (Å²) in [5.41, 5.74) is 11.3. The molecule has 1 aliphatic rings. The van der Waals surface area contributed by atoms with Crippen molar-refractivity contribution in [1.29, 1.82) is 0 Å². The Morgan fingerprint density at radius 3 is 2.30 bits per heavy atom. The predicted molar refractivity (Wildman–Crippen MR) is 126 cm³/mol. The molecule has 6 rings (SSSR count). The zero-order valence-electron chi connectivity index (χ0n) is 17.4. The summed E-state index contributed by atoms with van der Waals surface area (Å²) in [7, 11) is 0. The van der Waals surface area contributed by atoms with Gasteiger partial charge in [0.25, 0.3) is 0 Å². The highest BCUT2D eigenvalue weighted by Gasteiger charge is 2.20. The summed E-state index contributed by atoms with van der Waals surface area (Å²) in [5, 5.41) is 2.42. The minimum absolute atomic E-state index is 0.597. The van der Waals surface area contributed by atoms with Crippen molar-refractivity contribution in [2.24, 2.45) is 5.92 Å². The van der Waals surface area contributed by atoms with E-state index < -0.39 is 0 Å². The average molecular weight is 389 g/mol. The molecule has 0 saturated carbocycles. The minimum atomic E-state index is 0.597. The van der Waals surface area contributed by atoms with Crippen molar-refractivity contribution >= 4 is 21.9 Å². The summed E-state index contributed by atoms with van der Waals surface area (Å²) in [4.78, 5) is 0. The van der Waals surface area contributed by atoms with Crippen molar-refractivity contribution in [2.45, 2.75) is 26.7 Å². The maximum atomic E-state index is 6.56. The smallest absolute Gasteiger partial charge is 0.143 e. The van der Waals surface area contributed by atoms with Gasteiger partial charge in [-0.15, -0.1) is 0 Å². The molecule has 0 saturated heterocycles. The van der Waals surface area contributed by atoms with E-state index in [2.05, 4.69) is 92.7 Å². The number of benzene rings is 4. The fourth-order valence-electron chi connectivity index (χ4n) is 5.00. The van der Waals surface area contributed by atoms with Crippen molar-refractivity contribution in [3.63, 3.8) is 0 Å². The van der Waals surface area contributed by atoms with E-state index in [4.69, 9.17) is 4.42 Å². The first-order valence-corrected chi connectivity index (χ1v) is 10.8. The Hall–Kier alpha value is -3.32. The Balaban J connectivity index is 1.56. The molecule has 0 atom stereocenters. The first-order chi connectivity index (χ1) is 14.7. The molecule has 0 fully saturated rings. The molecule has 0 radical (unpaired) electrons. The minimum Gasteiger partial charge on any atom is -0.455 e. The molecule has 1 aromatic heterocycles. The molecule has 30 heavy (non-hydrogen) atoms. The molecule has 0 aliphatic heterocycles. The Morgan fingerprint density at radius 2 is 1.43 bits per heavy atom. The Morgan fingerprint density at radius 1 is 0.700 bits per heavy atom. The van der Waals surface area contributed by atoms with Gasteiger partial charge in [0.2, 0.25) is 0 Å². The Bertz CT molecular complexity index is 1420. The molecule has 1 nitrogen and oxygen atoms in total. The van der Waals surface area contributed by atoms with E-state index in [9.17, 15) is 0 Å². The predicted octanol–water partition coefficient (Wildman–Crippen LogP) is 8.02. The molecule has 4 aromatic carbocycles. The van der Waals surface area contributed by atoms with Crippen LogP contribution in [0.1, 0.15) is 30.5 Å². The van der Waals surface area contributed by atoms with Crippen LogP contribution in [-0.4, -0.2) is 0 Å². The van der Waals surface area contributed by atoms with Gasteiger partial charge in [-0.3, -0.25) is 0 Å². The summed E-state index contributed by atoms with van der Waals surface area (Å²) >= 11 is 0. The van der Waals surface area contributed by atoms with E-state index in [-0.39, 0.29) is 0 Å².